The van der Waals surface area contributed by atoms with E-state index in [0.717, 1.165) is 24.2 Å². The number of para-hydroxylation sites is 1. The van der Waals surface area contributed by atoms with Crippen molar-refractivity contribution in [3.05, 3.63) is 29.6 Å². The van der Waals surface area contributed by atoms with Gasteiger partial charge in [-0.2, -0.15) is 0 Å². The average molecular weight is 280 g/mol. The molecule has 3 heteroatoms. The molecule has 0 radical (unpaired) electrons. The summed E-state index contributed by atoms with van der Waals surface area (Å²) in [5, 5.41) is 3.37. The molecule has 1 N–H and O–H groups in total. The molecule has 0 bridgehead atoms. The van der Waals surface area contributed by atoms with Gasteiger partial charge in [-0.25, -0.2) is 4.39 Å². The smallest absolute Gasteiger partial charge is 0.146 e. The van der Waals surface area contributed by atoms with Gasteiger partial charge in [0.2, 0.25) is 0 Å². The van der Waals surface area contributed by atoms with Crippen LogP contribution in [0.4, 0.5) is 10.1 Å². The Morgan fingerprint density at radius 1 is 1.20 bits per heavy atom. The van der Waals surface area contributed by atoms with Crippen LogP contribution in [-0.2, 0) is 0 Å². The number of nitrogens with one attached hydrogen (secondary N) is 1. The highest BCUT2D eigenvalue weighted by Crippen LogP contribution is 2.30. The minimum Gasteiger partial charge on any atom is -0.369 e. The summed E-state index contributed by atoms with van der Waals surface area (Å²) in [6, 6.07) is 5.84. The fourth-order valence-corrected chi connectivity index (χ4v) is 2.73. The molecule has 2 nitrogen and oxygen atoms in total. The molecule has 0 saturated carbocycles. The Kier molecular flexibility index (Phi) is 6.47. The maximum atomic E-state index is 14.3. The minimum absolute atomic E-state index is 0.134. The molecule has 1 aromatic carbocycles. The zero-order valence-electron chi connectivity index (χ0n) is 13.7. The normalized spacial score (nSPS) is 14.4. The largest absolute Gasteiger partial charge is 0.369 e. The first-order valence-electron chi connectivity index (χ1n) is 7.63. The lowest BCUT2D eigenvalue weighted by atomic mass is 10.0. The van der Waals surface area contributed by atoms with Crippen molar-refractivity contribution in [3.8, 4) is 0 Å². The van der Waals surface area contributed by atoms with Crippen LogP contribution in [0.5, 0.6) is 0 Å². The van der Waals surface area contributed by atoms with Crippen molar-refractivity contribution in [1.82, 2.24) is 5.32 Å². The first-order valence-corrected chi connectivity index (χ1v) is 7.63. The Balaban J connectivity index is 3.08. The maximum absolute atomic E-state index is 14.3. The highest BCUT2D eigenvalue weighted by atomic mass is 19.1. The lowest BCUT2D eigenvalue weighted by Gasteiger charge is -2.32. The van der Waals surface area contributed by atoms with E-state index in [1.807, 2.05) is 13.1 Å². The molecule has 1 rings (SSSR count). The van der Waals surface area contributed by atoms with E-state index in [4.69, 9.17) is 0 Å². The average Bonchev–Trinajstić information content (AvgIpc) is 2.37. The molecule has 2 atom stereocenters. The number of nitrogens with zero attached hydrogens (tertiary/aromatic N) is 1. The van der Waals surface area contributed by atoms with Crippen molar-refractivity contribution in [1.29, 1.82) is 0 Å². The van der Waals surface area contributed by atoms with E-state index >= 15 is 0 Å². The van der Waals surface area contributed by atoms with Crippen molar-refractivity contribution in [2.45, 2.75) is 53.1 Å². The molecule has 0 aliphatic carbocycles. The molecule has 1 aromatic rings. The highest BCUT2D eigenvalue weighted by molar-refractivity contribution is 5.56. The Labute approximate surface area is 123 Å². The van der Waals surface area contributed by atoms with Gasteiger partial charge in [0.25, 0.3) is 0 Å². The maximum Gasteiger partial charge on any atom is 0.146 e. The van der Waals surface area contributed by atoms with Crippen LogP contribution in [0.2, 0.25) is 0 Å². The third kappa shape index (κ3) is 4.20. The van der Waals surface area contributed by atoms with E-state index in [-0.39, 0.29) is 11.9 Å². The van der Waals surface area contributed by atoms with Gasteiger partial charge in [0, 0.05) is 19.1 Å². The first-order chi connectivity index (χ1) is 9.38. The summed E-state index contributed by atoms with van der Waals surface area (Å²) in [6.07, 6.45) is 1.06. The molecule has 2 unspecified atom stereocenters. The molecule has 0 aromatic heterocycles. The zero-order chi connectivity index (χ0) is 15.3. The molecule has 0 aliphatic rings. The summed E-state index contributed by atoms with van der Waals surface area (Å²) < 4.78 is 14.3. The third-order valence-corrected chi connectivity index (χ3v) is 3.82. The summed E-state index contributed by atoms with van der Waals surface area (Å²) in [4.78, 5) is 2.08. The predicted octanol–water partition coefficient (Wildman–Crippen LogP) is 4.37. The molecular weight excluding hydrogens is 251 g/mol. The van der Waals surface area contributed by atoms with Gasteiger partial charge in [-0.3, -0.25) is 0 Å². The quantitative estimate of drug-likeness (QED) is 0.798. The predicted molar refractivity (Wildman–Crippen MR) is 85.8 cm³/mol. The zero-order valence-corrected chi connectivity index (χ0v) is 13.7. The number of halogens is 1. The van der Waals surface area contributed by atoms with Crippen molar-refractivity contribution in [3.63, 3.8) is 0 Å². The van der Waals surface area contributed by atoms with Crippen molar-refractivity contribution in [2.24, 2.45) is 5.92 Å². The van der Waals surface area contributed by atoms with Gasteiger partial charge in [-0.15, -0.1) is 0 Å². The van der Waals surface area contributed by atoms with E-state index in [0.29, 0.717) is 12.0 Å². The van der Waals surface area contributed by atoms with Gasteiger partial charge in [-0.1, -0.05) is 32.9 Å². The van der Waals surface area contributed by atoms with Crippen molar-refractivity contribution in [2.75, 3.05) is 18.5 Å². The van der Waals surface area contributed by atoms with Crippen molar-refractivity contribution < 1.29 is 4.39 Å². The second-order valence-electron chi connectivity index (χ2n) is 6.05. The Hall–Kier alpha value is -1.09. The lowest BCUT2D eigenvalue weighted by molar-refractivity contribution is 0.494. The fourth-order valence-electron chi connectivity index (χ4n) is 2.73. The summed E-state index contributed by atoms with van der Waals surface area (Å²) >= 11 is 0. The van der Waals surface area contributed by atoms with Gasteiger partial charge < -0.3 is 10.2 Å². The summed E-state index contributed by atoms with van der Waals surface area (Å²) in [5.74, 6) is 0.472. The monoisotopic (exact) mass is 280 g/mol. The van der Waals surface area contributed by atoms with Crippen LogP contribution in [0, 0.1) is 11.7 Å². The van der Waals surface area contributed by atoms with Crippen LogP contribution < -0.4 is 10.2 Å². The summed E-state index contributed by atoms with van der Waals surface area (Å²) in [6.45, 7) is 11.6. The Morgan fingerprint density at radius 2 is 1.85 bits per heavy atom. The second kappa shape index (κ2) is 7.63. The van der Waals surface area contributed by atoms with Crippen LogP contribution in [0.15, 0.2) is 18.2 Å². The van der Waals surface area contributed by atoms with Gasteiger partial charge >= 0.3 is 0 Å². The molecule has 114 valence electrons. The van der Waals surface area contributed by atoms with E-state index in [1.165, 1.54) is 0 Å². The third-order valence-electron chi connectivity index (χ3n) is 3.82. The minimum atomic E-state index is -0.134. The van der Waals surface area contributed by atoms with E-state index in [2.05, 4.69) is 44.8 Å². The number of anilines is 1. The number of hydrogen-bond donors (Lipinski definition) is 1. The molecule has 0 amide bonds. The number of hydrogen-bond acceptors (Lipinski definition) is 2. The van der Waals surface area contributed by atoms with Crippen LogP contribution >= 0.6 is 0 Å². The lowest BCUT2D eigenvalue weighted by Crippen LogP contribution is -2.32. The molecule has 0 aliphatic heterocycles. The highest BCUT2D eigenvalue weighted by Gasteiger charge is 2.20. The van der Waals surface area contributed by atoms with Gasteiger partial charge in [0.15, 0.2) is 0 Å². The summed E-state index contributed by atoms with van der Waals surface area (Å²) in [7, 11) is 1.99. The SMILES string of the molecule is CCNC(C)c1cccc(F)c1N(C)C(C)CC(C)C. The van der Waals surface area contributed by atoms with Crippen LogP contribution in [0.25, 0.3) is 0 Å². The molecule has 20 heavy (non-hydrogen) atoms. The van der Waals surface area contributed by atoms with E-state index in [1.54, 1.807) is 12.1 Å². The first kappa shape index (κ1) is 17.0. The fraction of sp³-hybridized carbons (Fsp3) is 0.647. The van der Waals surface area contributed by atoms with Gasteiger partial charge in [0.1, 0.15) is 5.82 Å². The standard InChI is InChI=1S/C17H29FN2/c1-7-19-14(5)15-9-8-10-16(18)17(15)20(6)13(4)11-12(2)3/h8-10,12-14,19H,7,11H2,1-6H3. The molecule has 0 heterocycles. The molecule has 0 fully saturated rings. The molecule has 0 saturated heterocycles. The van der Waals surface area contributed by atoms with Crippen LogP contribution in [0.3, 0.4) is 0 Å². The van der Waals surface area contributed by atoms with Crippen LogP contribution in [-0.4, -0.2) is 19.6 Å². The Bertz CT molecular complexity index is 417. The van der Waals surface area contributed by atoms with E-state index < -0.39 is 0 Å². The van der Waals surface area contributed by atoms with Gasteiger partial charge in [-0.05, 0) is 44.4 Å². The van der Waals surface area contributed by atoms with Crippen LogP contribution in [0.1, 0.15) is 52.6 Å². The second-order valence-corrected chi connectivity index (χ2v) is 6.05. The van der Waals surface area contributed by atoms with Gasteiger partial charge in [0.05, 0.1) is 5.69 Å². The van der Waals surface area contributed by atoms with Crippen molar-refractivity contribution >= 4 is 5.69 Å². The Morgan fingerprint density at radius 3 is 2.40 bits per heavy atom. The number of benzene rings is 1. The molecular formula is C17H29FN2. The topological polar surface area (TPSA) is 15.3 Å². The molecule has 0 spiro atoms. The number of rotatable bonds is 7. The summed E-state index contributed by atoms with van der Waals surface area (Å²) in [5.41, 5.74) is 1.76. The van der Waals surface area contributed by atoms with E-state index in [9.17, 15) is 4.39 Å².